The van der Waals surface area contributed by atoms with Crippen molar-refractivity contribution in [1.82, 2.24) is 4.98 Å². The first kappa shape index (κ1) is 8.59. The van der Waals surface area contributed by atoms with Gasteiger partial charge in [0.25, 0.3) is 0 Å². The van der Waals surface area contributed by atoms with Gasteiger partial charge >= 0.3 is 0 Å². The van der Waals surface area contributed by atoms with Crippen molar-refractivity contribution in [2.45, 2.75) is 6.54 Å². The van der Waals surface area contributed by atoms with Gasteiger partial charge in [-0.05, 0) is 27.6 Å². The minimum atomic E-state index is 0.234. The molecule has 4 N–H and O–H groups in total. The summed E-state index contributed by atoms with van der Waals surface area (Å²) in [6.07, 6.45) is 1.86. The van der Waals surface area contributed by atoms with Gasteiger partial charge < -0.3 is 15.8 Å². The van der Waals surface area contributed by atoms with Gasteiger partial charge in [0.05, 0.1) is 4.47 Å². The summed E-state index contributed by atoms with van der Waals surface area (Å²) in [5, 5.41) is 10.4. The number of phenols is 1. The Morgan fingerprint density at radius 1 is 1.46 bits per heavy atom. The average molecular weight is 241 g/mol. The summed E-state index contributed by atoms with van der Waals surface area (Å²) in [6.45, 7) is 0.497. The zero-order valence-corrected chi connectivity index (χ0v) is 8.43. The van der Waals surface area contributed by atoms with Crippen molar-refractivity contribution in [3.8, 4) is 5.75 Å². The first-order chi connectivity index (χ1) is 6.22. The molecule has 0 unspecified atom stereocenters. The van der Waals surface area contributed by atoms with Crippen LogP contribution < -0.4 is 5.73 Å². The highest BCUT2D eigenvalue weighted by Crippen LogP contribution is 2.30. The minimum absolute atomic E-state index is 0.234. The highest BCUT2D eigenvalue weighted by molar-refractivity contribution is 9.10. The molecule has 0 aliphatic carbocycles. The Hall–Kier alpha value is -1.00. The van der Waals surface area contributed by atoms with E-state index in [0.717, 1.165) is 16.5 Å². The maximum absolute atomic E-state index is 9.40. The molecule has 68 valence electrons. The molecule has 4 heteroatoms. The maximum atomic E-state index is 9.40. The molecule has 0 radical (unpaired) electrons. The van der Waals surface area contributed by atoms with Crippen molar-refractivity contribution in [2.24, 2.45) is 5.73 Å². The van der Waals surface area contributed by atoms with Crippen LogP contribution in [0.1, 0.15) is 5.56 Å². The fraction of sp³-hybridized carbons (Fsp3) is 0.111. The Morgan fingerprint density at radius 2 is 2.23 bits per heavy atom. The Kier molecular flexibility index (Phi) is 2.01. The third-order valence-corrected chi connectivity index (χ3v) is 2.69. The van der Waals surface area contributed by atoms with E-state index in [0.29, 0.717) is 11.0 Å². The number of H-pyrrole nitrogens is 1. The third kappa shape index (κ3) is 1.32. The fourth-order valence-electron chi connectivity index (χ4n) is 1.36. The van der Waals surface area contributed by atoms with Crippen LogP contribution >= 0.6 is 15.9 Å². The van der Waals surface area contributed by atoms with Crippen molar-refractivity contribution < 1.29 is 5.11 Å². The first-order valence-corrected chi connectivity index (χ1v) is 4.70. The van der Waals surface area contributed by atoms with E-state index in [1.165, 1.54) is 0 Å². The first-order valence-electron chi connectivity index (χ1n) is 3.91. The molecule has 0 fully saturated rings. The highest BCUT2D eigenvalue weighted by atomic mass is 79.9. The van der Waals surface area contributed by atoms with Crippen molar-refractivity contribution in [3.05, 3.63) is 28.4 Å². The smallest absolute Gasteiger partial charge is 0.131 e. The van der Waals surface area contributed by atoms with Gasteiger partial charge in [-0.1, -0.05) is 0 Å². The number of hydrogen-bond acceptors (Lipinski definition) is 2. The van der Waals surface area contributed by atoms with Crippen LogP contribution in [-0.2, 0) is 6.54 Å². The number of aromatic hydroxyl groups is 1. The van der Waals surface area contributed by atoms with Crippen LogP contribution in [0, 0.1) is 0 Å². The molecule has 0 amide bonds. The molecule has 3 nitrogen and oxygen atoms in total. The number of halogens is 1. The number of aromatic nitrogens is 1. The van der Waals surface area contributed by atoms with Crippen LogP contribution in [0.2, 0.25) is 0 Å². The van der Waals surface area contributed by atoms with Crippen LogP contribution in [0.5, 0.6) is 5.75 Å². The second kappa shape index (κ2) is 3.05. The van der Waals surface area contributed by atoms with E-state index in [2.05, 4.69) is 20.9 Å². The van der Waals surface area contributed by atoms with Crippen LogP contribution in [0.3, 0.4) is 0 Å². The number of hydrogen-bond donors (Lipinski definition) is 3. The van der Waals surface area contributed by atoms with Crippen LogP contribution in [0.15, 0.2) is 22.8 Å². The molecule has 0 spiro atoms. The number of aromatic amines is 1. The molecule has 13 heavy (non-hydrogen) atoms. The van der Waals surface area contributed by atoms with E-state index in [1.54, 1.807) is 6.07 Å². The topological polar surface area (TPSA) is 62.0 Å². The lowest BCUT2D eigenvalue weighted by molar-refractivity contribution is 0.472. The summed E-state index contributed by atoms with van der Waals surface area (Å²) >= 11 is 3.26. The number of rotatable bonds is 1. The molecule has 0 saturated heterocycles. The van der Waals surface area contributed by atoms with Crippen LogP contribution in [-0.4, -0.2) is 10.1 Å². The molecule has 1 aromatic heterocycles. The number of nitrogens with one attached hydrogen (secondary N) is 1. The monoisotopic (exact) mass is 240 g/mol. The second-order valence-corrected chi connectivity index (χ2v) is 3.72. The van der Waals surface area contributed by atoms with E-state index < -0.39 is 0 Å². The Morgan fingerprint density at radius 3 is 2.92 bits per heavy atom. The molecule has 2 rings (SSSR count). The van der Waals surface area contributed by atoms with Crippen LogP contribution in [0.25, 0.3) is 10.9 Å². The molecule has 2 aromatic rings. The number of nitrogens with two attached hydrogens (primary N) is 1. The van der Waals surface area contributed by atoms with E-state index in [9.17, 15) is 5.11 Å². The predicted octanol–water partition coefficient (Wildman–Crippen LogP) is 2.09. The van der Waals surface area contributed by atoms with Gasteiger partial charge in [-0.15, -0.1) is 0 Å². The van der Waals surface area contributed by atoms with E-state index >= 15 is 0 Å². The Bertz CT molecular complexity index is 450. The van der Waals surface area contributed by atoms with Crippen molar-refractivity contribution in [3.63, 3.8) is 0 Å². The standard InChI is InChI=1S/C9H9BrN2O/c10-7-1-6-5(3-11)4-12-8(6)2-9(7)13/h1-2,4,12-13H,3,11H2. The summed E-state index contributed by atoms with van der Waals surface area (Å²) in [6, 6.07) is 3.54. The molecule has 1 heterocycles. The molecule has 0 atom stereocenters. The molecule has 0 bridgehead atoms. The van der Waals surface area contributed by atoms with E-state index in [1.807, 2.05) is 12.3 Å². The van der Waals surface area contributed by atoms with Crippen molar-refractivity contribution in [1.29, 1.82) is 0 Å². The average Bonchev–Trinajstić information content (AvgIpc) is 2.48. The fourth-order valence-corrected chi connectivity index (χ4v) is 1.70. The molecule has 0 aliphatic heterocycles. The predicted molar refractivity (Wildman–Crippen MR) is 55.6 cm³/mol. The van der Waals surface area contributed by atoms with Gasteiger partial charge in [-0.25, -0.2) is 0 Å². The molecule has 1 aromatic carbocycles. The van der Waals surface area contributed by atoms with Gasteiger partial charge in [-0.2, -0.15) is 0 Å². The Balaban J connectivity index is 2.77. The summed E-state index contributed by atoms with van der Waals surface area (Å²) < 4.78 is 0.689. The SMILES string of the molecule is NCc1c[nH]c2cc(O)c(Br)cc12. The summed E-state index contributed by atoms with van der Waals surface area (Å²) in [7, 11) is 0. The quantitative estimate of drug-likeness (QED) is 0.715. The minimum Gasteiger partial charge on any atom is -0.507 e. The largest absolute Gasteiger partial charge is 0.507 e. The zero-order chi connectivity index (χ0) is 9.42. The lowest BCUT2D eigenvalue weighted by Crippen LogP contribution is -1.93. The van der Waals surface area contributed by atoms with Gasteiger partial charge in [0.2, 0.25) is 0 Å². The summed E-state index contributed by atoms with van der Waals surface area (Å²) in [5.41, 5.74) is 7.51. The molecular formula is C9H9BrN2O. The number of fused-ring (bicyclic) bond motifs is 1. The van der Waals surface area contributed by atoms with Crippen molar-refractivity contribution in [2.75, 3.05) is 0 Å². The normalized spacial score (nSPS) is 10.9. The molecular weight excluding hydrogens is 232 g/mol. The Labute approximate surface area is 83.7 Å². The van der Waals surface area contributed by atoms with Crippen molar-refractivity contribution >= 4 is 26.8 Å². The van der Waals surface area contributed by atoms with Gasteiger partial charge in [0, 0.05) is 29.7 Å². The summed E-state index contributed by atoms with van der Waals surface area (Å²) in [4.78, 5) is 3.05. The second-order valence-electron chi connectivity index (χ2n) is 2.87. The molecule has 0 saturated carbocycles. The van der Waals surface area contributed by atoms with E-state index in [-0.39, 0.29) is 5.75 Å². The van der Waals surface area contributed by atoms with Gasteiger partial charge in [0.15, 0.2) is 0 Å². The number of phenolic OH excluding ortho intramolecular Hbond substituents is 1. The van der Waals surface area contributed by atoms with Gasteiger partial charge in [-0.3, -0.25) is 0 Å². The zero-order valence-electron chi connectivity index (χ0n) is 6.84. The lowest BCUT2D eigenvalue weighted by Gasteiger charge is -1.98. The van der Waals surface area contributed by atoms with E-state index in [4.69, 9.17) is 5.73 Å². The summed E-state index contributed by atoms with van der Waals surface area (Å²) in [5.74, 6) is 0.234. The van der Waals surface area contributed by atoms with Gasteiger partial charge in [0.1, 0.15) is 5.75 Å². The molecule has 0 aliphatic rings. The highest BCUT2D eigenvalue weighted by Gasteiger charge is 2.05. The number of benzene rings is 1. The third-order valence-electron chi connectivity index (χ3n) is 2.05. The lowest BCUT2D eigenvalue weighted by atomic mass is 10.2. The maximum Gasteiger partial charge on any atom is 0.131 e. The van der Waals surface area contributed by atoms with Crippen LogP contribution in [0.4, 0.5) is 0 Å².